The summed E-state index contributed by atoms with van der Waals surface area (Å²) in [6, 6.07) is 8.87. The number of terminal acetylenes is 1. The normalized spacial score (nSPS) is 14.2. The van der Waals surface area contributed by atoms with E-state index in [4.69, 9.17) is 15.5 Å². The van der Waals surface area contributed by atoms with Crippen LogP contribution < -0.4 is 5.30 Å². The van der Waals surface area contributed by atoms with Crippen LogP contribution in [0.2, 0.25) is 0 Å². The SMILES string of the molecule is C#CCOP(=O)(OCC(C)C)c1ccccc1. The van der Waals surface area contributed by atoms with Gasteiger partial charge < -0.3 is 4.52 Å². The molecule has 0 heterocycles. The number of hydrogen-bond acceptors (Lipinski definition) is 3. The second-order valence-electron chi connectivity index (χ2n) is 4.00. The summed E-state index contributed by atoms with van der Waals surface area (Å²) in [5.41, 5.74) is 0. The summed E-state index contributed by atoms with van der Waals surface area (Å²) in [6.45, 7) is 4.31. The van der Waals surface area contributed by atoms with Crippen LogP contribution in [-0.4, -0.2) is 13.2 Å². The molecule has 0 amide bonds. The van der Waals surface area contributed by atoms with Crippen molar-refractivity contribution < 1.29 is 13.6 Å². The van der Waals surface area contributed by atoms with Gasteiger partial charge in [-0.1, -0.05) is 38.0 Å². The summed E-state index contributed by atoms with van der Waals surface area (Å²) in [5, 5.41) is 0.538. The molecule has 92 valence electrons. The first kappa shape index (κ1) is 14.0. The highest BCUT2D eigenvalue weighted by Gasteiger charge is 2.27. The molecule has 0 N–H and O–H groups in total. The molecule has 1 aromatic carbocycles. The Morgan fingerprint density at radius 1 is 1.29 bits per heavy atom. The first-order valence-corrected chi connectivity index (χ1v) is 7.01. The fourth-order valence-corrected chi connectivity index (χ4v) is 2.82. The maximum atomic E-state index is 12.5. The van der Waals surface area contributed by atoms with E-state index in [1.54, 1.807) is 24.3 Å². The van der Waals surface area contributed by atoms with Crippen molar-refractivity contribution in [3.8, 4) is 12.3 Å². The standard InChI is InChI=1S/C13H17O3P/c1-4-10-15-17(14,16-11-12(2)3)13-8-6-5-7-9-13/h1,5-9,12H,10-11H2,2-3H3. The minimum Gasteiger partial charge on any atom is -0.305 e. The van der Waals surface area contributed by atoms with Gasteiger partial charge in [0.25, 0.3) is 0 Å². The lowest BCUT2D eigenvalue weighted by Gasteiger charge is -2.18. The average Bonchev–Trinajstić information content (AvgIpc) is 2.35. The van der Waals surface area contributed by atoms with E-state index < -0.39 is 7.60 Å². The molecule has 0 aromatic heterocycles. The maximum absolute atomic E-state index is 12.5. The third kappa shape index (κ3) is 4.36. The Balaban J connectivity index is 2.87. The second-order valence-corrected chi connectivity index (χ2v) is 6.03. The van der Waals surface area contributed by atoms with E-state index in [-0.39, 0.29) is 12.5 Å². The highest BCUT2D eigenvalue weighted by atomic mass is 31.2. The Kier molecular flexibility index (Phi) is 5.44. The topological polar surface area (TPSA) is 35.5 Å². The van der Waals surface area contributed by atoms with Crippen LogP contribution in [0.1, 0.15) is 13.8 Å². The summed E-state index contributed by atoms with van der Waals surface area (Å²) in [4.78, 5) is 0. The van der Waals surface area contributed by atoms with Crippen molar-refractivity contribution in [1.29, 1.82) is 0 Å². The minimum absolute atomic E-state index is 0.0235. The van der Waals surface area contributed by atoms with Gasteiger partial charge in [0.15, 0.2) is 0 Å². The molecular weight excluding hydrogens is 235 g/mol. The fourth-order valence-electron chi connectivity index (χ4n) is 1.17. The van der Waals surface area contributed by atoms with E-state index in [0.29, 0.717) is 11.9 Å². The lowest BCUT2D eigenvalue weighted by Crippen LogP contribution is -2.12. The molecular formula is C13H17O3P. The van der Waals surface area contributed by atoms with Crippen molar-refractivity contribution in [2.45, 2.75) is 13.8 Å². The molecule has 0 aliphatic carbocycles. The van der Waals surface area contributed by atoms with Crippen molar-refractivity contribution in [1.82, 2.24) is 0 Å². The molecule has 0 fully saturated rings. The van der Waals surface area contributed by atoms with E-state index in [2.05, 4.69) is 5.92 Å². The van der Waals surface area contributed by atoms with Crippen LogP contribution in [-0.2, 0) is 13.6 Å². The quantitative estimate of drug-likeness (QED) is 0.577. The van der Waals surface area contributed by atoms with Crippen molar-refractivity contribution in [3.05, 3.63) is 30.3 Å². The summed E-state index contributed by atoms with van der Waals surface area (Å²) < 4.78 is 23.2. The van der Waals surface area contributed by atoms with Gasteiger partial charge in [-0.25, -0.2) is 0 Å². The number of rotatable bonds is 6. The molecule has 0 aliphatic rings. The van der Waals surface area contributed by atoms with Crippen LogP contribution in [0.5, 0.6) is 0 Å². The smallest absolute Gasteiger partial charge is 0.305 e. The molecule has 1 rings (SSSR count). The summed E-state index contributed by atoms with van der Waals surface area (Å²) in [5.74, 6) is 2.59. The van der Waals surface area contributed by atoms with Gasteiger partial charge >= 0.3 is 7.60 Å². The average molecular weight is 252 g/mol. The molecule has 17 heavy (non-hydrogen) atoms. The van der Waals surface area contributed by atoms with E-state index in [9.17, 15) is 4.57 Å². The van der Waals surface area contributed by atoms with E-state index in [1.165, 1.54) is 0 Å². The highest BCUT2D eigenvalue weighted by molar-refractivity contribution is 7.62. The minimum atomic E-state index is -3.28. The van der Waals surface area contributed by atoms with Gasteiger partial charge in [-0.05, 0) is 18.1 Å². The monoisotopic (exact) mass is 252 g/mol. The predicted molar refractivity (Wildman–Crippen MR) is 69.3 cm³/mol. The third-order valence-corrected chi connectivity index (χ3v) is 3.86. The molecule has 0 saturated heterocycles. The van der Waals surface area contributed by atoms with Gasteiger partial charge in [0.05, 0.1) is 11.9 Å². The van der Waals surface area contributed by atoms with Crippen LogP contribution in [0, 0.1) is 18.3 Å². The van der Waals surface area contributed by atoms with Crippen molar-refractivity contribution in [2.75, 3.05) is 13.2 Å². The zero-order chi connectivity index (χ0) is 12.7. The molecule has 1 atom stereocenters. The van der Waals surface area contributed by atoms with Gasteiger partial charge in [-0.2, -0.15) is 0 Å². The third-order valence-electron chi connectivity index (χ3n) is 1.97. The molecule has 4 heteroatoms. The molecule has 0 bridgehead atoms. The second kappa shape index (κ2) is 6.61. The van der Waals surface area contributed by atoms with Gasteiger partial charge in [0.1, 0.15) is 6.61 Å². The zero-order valence-electron chi connectivity index (χ0n) is 10.1. The van der Waals surface area contributed by atoms with Crippen LogP contribution in [0.4, 0.5) is 0 Å². The fraction of sp³-hybridized carbons (Fsp3) is 0.385. The lowest BCUT2D eigenvalue weighted by molar-refractivity contribution is 0.208. The lowest BCUT2D eigenvalue weighted by atomic mass is 10.2. The van der Waals surface area contributed by atoms with Gasteiger partial charge in [0.2, 0.25) is 0 Å². The number of benzene rings is 1. The molecule has 1 unspecified atom stereocenters. The number of hydrogen-bond donors (Lipinski definition) is 0. The molecule has 0 radical (unpaired) electrons. The van der Waals surface area contributed by atoms with E-state index >= 15 is 0 Å². The Morgan fingerprint density at radius 2 is 1.94 bits per heavy atom. The van der Waals surface area contributed by atoms with E-state index in [0.717, 1.165) is 0 Å². The van der Waals surface area contributed by atoms with Crippen LogP contribution in [0.3, 0.4) is 0 Å². The van der Waals surface area contributed by atoms with Gasteiger partial charge in [0, 0.05) is 0 Å². The molecule has 1 aromatic rings. The maximum Gasteiger partial charge on any atom is 0.362 e. The van der Waals surface area contributed by atoms with Crippen molar-refractivity contribution in [2.24, 2.45) is 5.92 Å². The largest absolute Gasteiger partial charge is 0.362 e. The Morgan fingerprint density at radius 3 is 2.47 bits per heavy atom. The highest BCUT2D eigenvalue weighted by Crippen LogP contribution is 2.47. The molecule has 0 aliphatic heterocycles. The Hall–Kier alpha value is -1.07. The zero-order valence-corrected chi connectivity index (χ0v) is 11.0. The molecule has 0 spiro atoms. The van der Waals surface area contributed by atoms with Crippen LogP contribution in [0.25, 0.3) is 0 Å². The molecule has 3 nitrogen and oxygen atoms in total. The molecule has 0 saturated carbocycles. The van der Waals surface area contributed by atoms with Crippen LogP contribution >= 0.6 is 7.60 Å². The predicted octanol–water partition coefficient (Wildman–Crippen LogP) is 2.83. The summed E-state index contributed by atoms with van der Waals surface area (Å²) in [6.07, 6.45) is 5.12. The van der Waals surface area contributed by atoms with Gasteiger partial charge in [-0.15, -0.1) is 6.42 Å². The summed E-state index contributed by atoms with van der Waals surface area (Å²) in [7, 11) is -3.28. The van der Waals surface area contributed by atoms with Gasteiger partial charge in [-0.3, -0.25) is 9.09 Å². The first-order chi connectivity index (χ1) is 8.08. The Bertz CT molecular complexity index is 420. The van der Waals surface area contributed by atoms with Crippen molar-refractivity contribution in [3.63, 3.8) is 0 Å². The van der Waals surface area contributed by atoms with E-state index in [1.807, 2.05) is 19.9 Å². The first-order valence-electron chi connectivity index (χ1n) is 5.46. The van der Waals surface area contributed by atoms with Crippen molar-refractivity contribution >= 4 is 12.9 Å². The summed E-state index contributed by atoms with van der Waals surface area (Å²) >= 11 is 0. The Labute approximate surface area is 103 Å². The van der Waals surface area contributed by atoms with Crippen LogP contribution in [0.15, 0.2) is 30.3 Å².